The van der Waals surface area contributed by atoms with Crippen LogP contribution in [0.1, 0.15) is 37.6 Å². The van der Waals surface area contributed by atoms with Crippen molar-refractivity contribution >= 4 is 10.0 Å². The lowest BCUT2D eigenvalue weighted by molar-refractivity contribution is 0.130. The van der Waals surface area contributed by atoms with Gasteiger partial charge in [-0.15, -0.1) is 0 Å². The third kappa shape index (κ3) is 4.93. The molecule has 0 aromatic carbocycles. The zero-order valence-corrected chi connectivity index (χ0v) is 12.5. The van der Waals surface area contributed by atoms with E-state index in [1.165, 1.54) is 0 Å². The van der Waals surface area contributed by atoms with Crippen molar-refractivity contribution in [3.05, 3.63) is 11.5 Å². The van der Waals surface area contributed by atoms with Gasteiger partial charge in [-0.05, 0) is 26.7 Å². The summed E-state index contributed by atoms with van der Waals surface area (Å²) in [6, 6.07) is 0. The highest BCUT2D eigenvalue weighted by Crippen LogP contribution is 2.18. The summed E-state index contributed by atoms with van der Waals surface area (Å²) in [6.45, 7) is 6.93. The summed E-state index contributed by atoms with van der Waals surface area (Å²) in [4.78, 5) is 0.138. The van der Waals surface area contributed by atoms with Crippen LogP contribution in [0.15, 0.2) is 9.42 Å². The largest absolute Gasteiger partial charge is 0.381 e. The van der Waals surface area contributed by atoms with Crippen molar-refractivity contribution in [3.63, 3.8) is 0 Å². The van der Waals surface area contributed by atoms with Crippen molar-refractivity contribution in [1.82, 2.24) is 9.88 Å². The van der Waals surface area contributed by atoms with Crippen LogP contribution < -0.4 is 4.72 Å². The van der Waals surface area contributed by atoms with Crippen molar-refractivity contribution in [3.8, 4) is 0 Å². The standard InChI is InChI=1S/C12H22N2O4S/c1-4-5-8-17-9-6-7-13-19(15,16)12-10(2)14-18-11(12)3/h13H,4-9H2,1-3H3. The fourth-order valence-corrected chi connectivity index (χ4v) is 3.06. The molecule has 0 bridgehead atoms. The molecular formula is C12H22N2O4S. The van der Waals surface area contributed by atoms with Gasteiger partial charge in [-0.3, -0.25) is 0 Å². The number of unbranched alkanes of at least 4 members (excludes halogenated alkanes) is 1. The number of aromatic nitrogens is 1. The van der Waals surface area contributed by atoms with Crippen LogP contribution in [0.5, 0.6) is 0 Å². The SMILES string of the molecule is CCCCOCCCNS(=O)(=O)c1c(C)noc1C. The Hall–Kier alpha value is -0.920. The zero-order chi connectivity index (χ0) is 14.3. The molecule has 0 amide bonds. The Bertz CT molecular complexity index is 462. The third-order valence-electron chi connectivity index (χ3n) is 2.64. The number of rotatable bonds is 9. The van der Waals surface area contributed by atoms with Crippen molar-refractivity contribution in [2.45, 2.75) is 44.9 Å². The summed E-state index contributed by atoms with van der Waals surface area (Å²) in [5, 5.41) is 3.64. The van der Waals surface area contributed by atoms with Crippen LogP contribution >= 0.6 is 0 Å². The first-order chi connectivity index (χ1) is 8.99. The minimum Gasteiger partial charge on any atom is -0.381 e. The molecule has 0 aliphatic carbocycles. The van der Waals surface area contributed by atoms with E-state index in [0.29, 0.717) is 31.0 Å². The highest BCUT2D eigenvalue weighted by atomic mass is 32.2. The van der Waals surface area contributed by atoms with Gasteiger partial charge in [-0.2, -0.15) is 0 Å². The second-order valence-electron chi connectivity index (χ2n) is 4.37. The molecule has 19 heavy (non-hydrogen) atoms. The lowest BCUT2D eigenvalue weighted by atomic mass is 10.4. The van der Waals surface area contributed by atoms with E-state index in [1.807, 2.05) is 0 Å². The van der Waals surface area contributed by atoms with E-state index in [1.54, 1.807) is 13.8 Å². The lowest BCUT2D eigenvalue weighted by Crippen LogP contribution is -2.26. The van der Waals surface area contributed by atoms with E-state index < -0.39 is 10.0 Å². The maximum atomic E-state index is 12.0. The van der Waals surface area contributed by atoms with Crippen LogP contribution in [0.4, 0.5) is 0 Å². The monoisotopic (exact) mass is 290 g/mol. The van der Waals surface area contributed by atoms with E-state index in [4.69, 9.17) is 9.26 Å². The van der Waals surface area contributed by atoms with Gasteiger partial charge in [0.15, 0.2) is 5.76 Å². The molecule has 1 aromatic rings. The average Bonchev–Trinajstić information content (AvgIpc) is 2.68. The molecule has 1 heterocycles. The predicted molar refractivity (Wildman–Crippen MR) is 71.5 cm³/mol. The van der Waals surface area contributed by atoms with Crippen LogP contribution in [0, 0.1) is 13.8 Å². The summed E-state index contributed by atoms with van der Waals surface area (Å²) >= 11 is 0. The Kier molecular flexibility index (Phi) is 6.47. The van der Waals surface area contributed by atoms with E-state index in [-0.39, 0.29) is 4.90 Å². The lowest BCUT2D eigenvalue weighted by Gasteiger charge is -2.06. The molecule has 1 aromatic heterocycles. The highest BCUT2D eigenvalue weighted by Gasteiger charge is 2.23. The van der Waals surface area contributed by atoms with Gasteiger partial charge in [0.25, 0.3) is 0 Å². The third-order valence-corrected chi connectivity index (χ3v) is 4.34. The molecule has 0 aliphatic heterocycles. The zero-order valence-electron chi connectivity index (χ0n) is 11.7. The molecule has 0 unspecified atom stereocenters. The fraction of sp³-hybridized carbons (Fsp3) is 0.750. The minimum absolute atomic E-state index is 0.138. The van der Waals surface area contributed by atoms with E-state index in [9.17, 15) is 8.42 Å². The molecule has 0 aliphatic rings. The smallest absolute Gasteiger partial charge is 0.245 e. The van der Waals surface area contributed by atoms with E-state index >= 15 is 0 Å². The highest BCUT2D eigenvalue weighted by molar-refractivity contribution is 7.89. The van der Waals surface area contributed by atoms with Gasteiger partial charge in [0.1, 0.15) is 10.6 Å². The van der Waals surface area contributed by atoms with Gasteiger partial charge in [-0.1, -0.05) is 18.5 Å². The average molecular weight is 290 g/mol. The van der Waals surface area contributed by atoms with Gasteiger partial charge < -0.3 is 9.26 Å². The van der Waals surface area contributed by atoms with Crippen molar-refractivity contribution in [1.29, 1.82) is 0 Å². The molecule has 7 heteroatoms. The molecule has 1 rings (SSSR count). The number of hydrogen-bond donors (Lipinski definition) is 1. The molecule has 0 fully saturated rings. The Morgan fingerprint density at radius 2 is 1.95 bits per heavy atom. The second kappa shape index (κ2) is 7.62. The van der Waals surface area contributed by atoms with Crippen LogP contribution in [-0.4, -0.2) is 33.3 Å². The summed E-state index contributed by atoms with van der Waals surface area (Å²) in [5.74, 6) is 0.309. The second-order valence-corrected chi connectivity index (χ2v) is 6.07. The number of sulfonamides is 1. The van der Waals surface area contributed by atoms with E-state index in [2.05, 4.69) is 16.8 Å². The Morgan fingerprint density at radius 1 is 1.26 bits per heavy atom. The van der Waals surface area contributed by atoms with Crippen molar-refractivity contribution < 1.29 is 17.7 Å². The van der Waals surface area contributed by atoms with Gasteiger partial charge >= 0.3 is 0 Å². The number of nitrogens with zero attached hydrogens (tertiary/aromatic N) is 1. The van der Waals surface area contributed by atoms with Crippen LogP contribution in [0.2, 0.25) is 0 Å². The fourth-order valence-electron chi connectivity index (χ4n) is 1.66. The van der Waals surface area contributed by atoms with Crippen LogP contribution in [0.3, 0.4) is 0 Å². The van der Waals surface area contributed by atoms with Gasteiger partial charge in [-0.25, -0.2) is 13.1 Å². The molecule has 0 saturated heterocycles. The quantitative estimate of drug-likeness (QED) is 0.701. The molecule has 0 radical (unpaired) electrons. The first-order valence-electron chi connectivity index (χ1n) is 6.49. The Morgan fingerprint density at radius 3 is 2.53 bits per heavy atom. The maximum Gasteiger partial charge on any atom is 0.245 e. The Balaban J connectivity index is 2.36. The minimum atomic E-state index is -3.54. The Labute approximate surface area is 114 Å². The maximum absolute atomic E-state index is 12.0. The molecule has 6 nitrogen and oxygen atoms in total. The number of hydrogen-bond acceptors (Lipinski definition) is 5. The molecule has 0 spiro atoms. The molecule has 110 valence electrons. The summed E-state index contributed by atoms with van der Waals surface area (Å²) in [6.07, 6.45) is 2.77. The summed E-state index contributed by atoms with van der Waals surface area (Å²) in [5.41, 5.74) is 0.379. The van der Waals surface area contributed by atoms with Crippen LogP contribution in [0.25, 0.3) is 0 Å². The number of aryl methyl sites for hydroxylation is 2. The van der Waals surface area contributed by atoms with Crippen molar-refractivity contribution in [2.75, 3.05) is 19.8 Å². The van der Waals surface area contributed by atoms with Crippen molar-refractivity contribution in [2.24, 2.45) is 0 Å². The number of nitrogens with one attached hydrogen (secondary N) is 1. The van der Waals surface area contributed by atoms with E-state index in [0.717, 1.165) is 19.4 Å². The normalized spacial score (nSPS) is 11.9. The van der Waals surface area contributed by atoms with Gasteiger partial charge in [0, 0.05) is 19.8 Å². The molecule has 0 saturated carbocycles. The van der Waals surface area contributed by atoms with Gasteiger partial charge in [0.05, 0.1) is 0 Å². The first-order valence-corrected chi connectivity index (χ1v) is 7.97. The first kappa shape index (κ1) is 16.1. The molecular weight excluding hydrogens is 268 g/mol. The summed E-state index contributed by atoms with van der Waals surface area (Å²) < 4.78 is 36.8. The predicted octanol–water partition coefficient (Wildman–Crippen LogP) is 1.78. The summed E-state index contributed by atoms with van der Waals surface area (Å²) in [7, 11) is -3.54. The topological polar surface area (TPSA) is 81.4 Å². The van der Waals surface area contributed by atoms with Gasteiger partial charge in [0.2, 0.25) is 10.0 Å². The number of ether oxygens (including phenoxy) is 1. The molecule has 1 N–H and O–H groups in total. The van der Waals surface area contributed by atoms with Crippen LogP contribution in [-0.2, 0) is 14.8 Å². The molecule has 0 atom stereocenters.